The fourth-order valence-corrected chi connectivity index (χ4v) is 7.63. The van der Waals surface area contributed by atoms with Crippen molar-refractivity contribution in [3.63, 3.8) is 0 Å². The summed E-state index contributed by atoms with van der Waals surface area (Å²) in [5.41, 5.74) is 2.34. The lowest BCUT2D eigenvalue weighted by Gasteiger charge is -2.31. The molecule has 1 aliphatic heterocycles. The van der Waals surface area contributed by atoms with Crippen LogP contribution in [0.5, 0.6) is 23.0 Å². The fraction of sp³-hybridized carbons (Fsp3) is 0.391. The second-order valence-corrected chi connectivity index (χ2v) is 16.8. The molecule has 4 N–H and O–H groups in total. The van der Waals surface area contributed by atoms with E-state index in [-0.39, 0.29) is 23.0 Å². The number of halogens is 4. The number of hydrogen-bond acceptors (Lipinski definition) is 12. The molecule has 62 heavy (non-hydrogen) atoms. The van der Waals surface area contributed by atoms with E-state index in [9.17, 15) is 20.4 Å². The lowest BCUT2D eigenvalue weighted by Crippen LogP contribution is -2.43. The highest BCUT2D eigenvalue weighted by Crippen LogP contribution is 2.22. The first-order valence-corrected chi connectivity index (χ1v) is 22.4. The maximum atomic E-state index is 10.3. The molecule has 0 saturated carbocycles. The first-order valence-electron chi connectivity index (χ1n) is 20.8. The summed E-state index contributed by atoms with van der Waals surface area (Å²) in [6.07, 6.45) is 8.57. The number of rotatable bonds is 16. The molecule has 0 atom stereocenters. The monoisotopic (exact) mass is 924 g/mol. The molecule has 0 spiro atoms. The van der Waals surface area contributed by atoms with E-state index >= 15 is 0 Å². The molecular weight excluding hydrogens is 870 g/mol. The average Bonchev–Trinajstić information content (AvgIpc) is 3.25. The van der Waals surface area contributed by atoms with E-state index in [1.54, 1.807) is 97.7 Å². The van der Waals surface area contributed by atoms with E-state index in [4.69, 9.17) is 46.4 Å². The molecule has 0 bridgehead atoms. The van der Waals surface area contributed by atoms with Crippen molar-refractivity contribution in [1.82, 2.24) is 19.6 Å². The molecule has 4 aromatic carbocycles. The Balaban J connectivity index is 1.28. The molecule has 0 unspecified atom stereocenters. The van der Waals surface area contributed by atoms with Crippen LogP contribution in [0.1, 0.15) is 35.1 Å². The molecule has 4 aromatic rings. The normalized spacial score (nSPS) is 16.3. The first-order chi connectivity index (χ1) is 30.0. The predicted molar refractivity (Wildman–Crippen MR) is 257 cm³/mol. The molecule has 12 nitrogen and oxygen atoms in total. The Morgan fingerprint density at radius 3 is 0.823 bits per heavy atom. The van der Waals surface area contributed by atoms with Gasteiger partial charge >= 0.3 is 0 Å². The summed E-state index contributed by atoms with van der Waals surface area (Å²) in [7, 11) is 0. The molecule has 0 aromatic heterocycles. The third kappa shape index (κ3) is 17.5. The van der Waals surface area contributed by atoms with Crippen molar-refractivity contribution in [3.05, 3.63) is 115 Å². The molecule has 1 fully saturated rings. The van der Waals surface area contributed by atoms with Gasteiger partial charge in [-0.2, -0.15) is 0 Å². The topological polar surface area (TPSA) is 143 Å². The number of nitrogens with zero attached hydrogens (tertiary/aromatic N) is 8. The lowest BCUT2D eigenvalue weighted by molar-refractivity contribution is 0.164. The molecule has 1 saturated heterocycles. The van der Waals surface area contributed by atoms with Gasteiger partial charge < -0.3 is 40.0 Å². The van der Waals surface area contributed by atoms with Crippen molar-refractivity contribution in [3.8, 4) is 23.0 Å². The second kappa shape index (κ2) is 26.4. The van der Waals surface area contributed by atoms with Gasteiger partial charge in [0.15, 0.2) is 0 Å². The summed E-state index contributed by atoms with van der Waals surface area (Å²) in [6.45, 7) is 12.0. The summed E-state index contributed by atoms with van der Waals surface area (Å²) < 4.78 is 0. The van der Waals surface area contributed by atoms with E-state index in [0.29, 0.717) is 68.5 Å². The predicted octanol–water partition coefficient (Wildman–Crippen LogP) is 7.90. The molecule has 332 valence electrons. The van der Waals surface area contributed by atoms with Crippen molar-refractivity contribution in [1.29, 1.82) is 0 Å². The van der Waals surface area contributed by atoms with Crippen molar-refractivity contribution in [2.24, 2.45) is 20.0 Å². The molecule has 0 amide bonds. The standard InChI is InChI=1S/C46H56Cl4N8O4/c47-39-3-7-43(59)35(27-39)31-51-11-19-55-15-1-16-56(20-12-52-32-36-28-40(48)4-8-44(36)60)24-26-58(22-14-54-34-38-30-42(50)6-10-46(38)62)18-2-17-57(25-23-55)21-13-53-33-37-29-41(49)5-9-45(37)61/h3-10,27-34,59-62H,1-2,11-26H2. The van der Waals surface area contributed by atoms with Crippen molar-refractivity contribution in [2.75, 3.05) is 105 Å². The fourth-order valence-electron chi connectivity index (χ4n) is 6.91. The largest absolute Gasteiger partial charge is 0.507 e. The Morgan fingerprint density at radius 2 is 0.597 bits per heavy atom. The van der Waals surface area contributed by atoms with Crippen LogP contribution in [0.3, 0.4) is 0 Å². The van der Waals surface area contributed by atoms with Gasteiger partial charge in [-0.25, -0.2) is 0 Å². The summed E-state index contributed by atoms with van der Waals surface area (Å²) >= 11 is 24.7. The Labute approximate surface area is 385 Å². The third-order valence-electron chi connectivity index (χ3n) is 10.4. The molecule has 0 aliphatic carbocycles. The highest BCUT2D eigenvalue weighted by molar-refractivity contribution is 6.32. The summed E-state index contributed by atoms with van der Waals surface area (Å²) in [4.78, 5) is 28.4. The quantitative estimate of drug-likeness (QED) is 0.0832. The minimum absolute atomic E-state index is 0.137. The van der Waals surface area contributed by atoms with E-state index in [0.717, 1.165) is 91.4 Å². The SMILES string of the molecule is Oc1ccc(Cl)cc1C=NCCN1CCCN(CCN=Cc2cc(Cl)ccc2O)CCN(CCN=Cc2cc(Cl)ccc2O)CCCN(CCN=Cc2cc(Cl)ccc2O)CC1. The van der Waals surface area contributed by atoms with Crippen LogP contribution in [0, 0.1) is 0 Å². The van der Waals surface area contributed by atoms with Crippen LogP contribution in [0.15, 0.2) is 92.8 Å². The van der Waals surface area contributed by atoms with Crippen LogP contribution >= 0.6 is 46.4 Å². The average molecular weight is 927 g/mol. The third-order valence-corrected chi connectivity index (χ3v) is 11.4. The van der Waals surface area contributed by atoms with E-state index in [1.165, 1.54) is 0 Å². The Kier molecular flexibility index (Phi) is 20.8. The highest BCUT2D eigenvalue weighted by atomic mass is 35.5. The summed E-state index contributed by atoms with van der Waals surface area (Å²) in [5.74, 6) is 0.549. The van der Waals surface area contributed by atoms with Crippen LogP contribution < -0.4 is 0 Å². The number of aromatic hydroxyl groups is 4. The molecular formula is C46H56Cl4N8O4. The summed E-state index contributed by atoms with van der Waals surface area (Å²) in [6, 6.07) is 19.7. The van der Waals surface area contributed by atoms with Gasteiger partial charge in [0.2, 0.25) is 0 Å². The number of phenolic OH excluding ortho intramolecular Hbond substituents is 4. The van der Waals surface area contributed by atoms with Crippen LogP contribution in [0.25, 0.3) is 0 Å². The Morgan fingerprint density at radius 1 is 0.371 bits per heavy atom. The van der Waals surface area contributed by atoms with Gasteiger partial charge in [-0.05, 0) is 112 Å². The van der Waals surface area contributed by atoms with Crippen molar-refractivity contribution in [2.45, 2.75) is 12.8 Å². The number of hydrogen-bond donors (Lipinski definition) is 4. The molecule has 1 aliphatic rings. The minimum Gasteiger partial charge on any atom is -0.507 e. The lowest BCUT2D eigenvalue weighted by atomic mass is 10.2. The Bertz CT molecular complexity index is 1840. The van der Waals surface area contributed by atoms with Gasteiger partial charge in [-0.15, -0.1) is 0 Å². The van der Waals surface area contributed by atoms with Crippen molar-refractivity contribution < 1.29 is 20.4 Å². The van der Waals surface area contributed by atoms with Gasteiger partial charge in [0.1, 0.15) is 23.0 Å². The zero-order chi connectivity index (χ0) is 44.1. The second-order valence-electron chi connectivity index (χ2n) is 15.0. The van der Waals surface area contributed by atoms with Crippen LogP contribution in [-0.4, -0.2) is 170 Å². The number of aliphatic imine (C=N–C) groups is 4. The maximum absolute atomic E-state index is 10.3. The van der Waals surface area contributed by atoms with E-state index in [2.05, 4.69) is 39.6 Å². The van der Waals surface area contributed by atoms with Gasteiger partial charge in [0, 0.05) is 120 Å². The number of phenols is 4. The first kappa shape index (κ1) is 48.8. The van der Waals surface area contributed by atoms with E-state index in [1.807, 2.05) is 0 Å². The van der Waals surface area contributed by atoms with Crippen LogP contribution in [0.2, 0.25) is 20.1 Å². The van der Waals surface area contributed by atoms with E-state index < -0.39 is 0 Å². The zero-order valence-electron chi connectivity index (χ0n) is 34.8. The molecule has 1 heterocycles. The van der Waals surface area contributed by atoms with Gasteiger partial charge in [0.05, 0.1) is 26.2 Å². The van der Waals surface area contributed by atoms with Gasteiger partial charge in [-0.1, -0.05) is 46.4 Å². The molecule has 0 radical (unpaired) electrons. The van der Waals surface area contributed by atoms with Gasteiger partial charge in [0.25, 0.3) is 0 Å². The maximum Gasteiger partial charge on any atom is 0.124 e. The highest BCUT2D eigenvalue weighted by Gasteiger charge is 2.15. The molecule has 16 heteroatoms. The molecule has 5 rings (SSSR count). The number of benzene rings is 4. The minimum atomic E-state index is 0.137. The zero-order valence-corrected chi connectivity index (χ0v) is 37.9. The Hall–Kier alpha value is -4.24. The van der Waals surface area contributed by atoms with Crippen LogP contribution in [-0.2, 0) is 0 Å². The van der Waals surface area contributed by atoms with Crippen LogP contribution in [0.4, 0.5) is 0 Å². The van der Waals surface area contributed by atoms with Crippen molar-refractivity contribution >= 4 is 71.3 Å². The summed E-state index contributed by atoms with van der Waals surface area (Å²) in [5, 5.41) is 43.3. The smallest absolute Gasteiger partial charge is 0.124 e. The van der Waals surface area contributed by atoms with Gasteiger partial charge in [-0.3, -0.25) is 20.0 Å².